The summed E-state index contributed by atoms with van der Waals surface area (Å²) >= 11 is 22.1. The molecular weight excluding hydrogens is 892 g/mol. The highest BCUT2D eigenvalue weighted by atomic mass is 79.9. The number of benzene rings is 2. The van der Waals surface area contributed by atoms with Gasteiger partial charge in [0, 0.05) is 24.0 Å². The lowest BCUT2D eigenvalue weighted by atomic mass is 9.78. The molecule has 0 bridgehead atoms. The number of alkyl halides is 2. The van der Waals surface area contributed by atoms with E-state index in [2.05, 4.69) is 148 Å². The Balaban J connectivity index is 2.14. The van der Waals surface area contributed by atoms with E-state index in [9.17, 15) is 0 Å². The Kier molecular flexibility index (Phi) is 17.1. The third kappa shape index (κ3) is 11.5. The van der Waals surface area contributed by atoms with Crippen molar-refractivity contribution in [1.29, 1.82) is 0 Å². The second-order valence-electron chi connectivity index (χ2n) is 9.81. The maximum atomic E-state index is 6.17. The molecule has 10 heteroatoms. The molecule has 0 spiro atoms. The lowest BCUT2D eigenvalue weighted by molar-refractivity contribution is 0.0342. The van der Waals surface area contributed by atoms with Crippen molar-refractivity contribution in [2.45, 2.75) is 69.7 Å². The summed E-state index contributed by atoms with van der Waals surface area (Å²) < 4.78 is 27.5. The average molecular weight is 930 g/mol. The van der Waals surface area contributed by atoms with Crippen molar-refractivity contribution in [3.8, 4) is 11.5 Å². The van der Waals surface area contributed by atoms with Crippen LogP contribution in [0.3, 0.4) is 0 Å². The predicted octanol–water partition coefficient (Wildman–Crippen LogP) is 11.0. The molecule has 0 aliphatic carbocycles. The Bertz CT molecular complexity index is 987. The smallest absolute Gasteiger partial charge is 0.147 e. The fourth-order valence-corrected chi connectivity index (χ4v) is 7.19. The zero-order valence-corrected chi connectivity index (χ0v) is 32.5. The summed E-state index contributed by atoms with van der Waals surface area (Å²) in [5, 5.41) is 0.726. The van der Waals surface area contributed by atoms with Gasteiger partial charge in [0.15, 0.2) is 0 Å². The largest absolute Gasteiger partial charge is 0.490 e. The number of hydrogen-bond acceptors (Lipinski definition) is 4. The molecule has 0 aliphatic rings. The van der Waals surface area contributed by atoms with Gasteiger partial charge < -0.3 is 18.9 Å². The molecule has 2 aromatic carbocycles. The van der Waals surface area contributed by atoms with E-state index in [-0.39, 0.29) is 16.3 Å². The highest BCUT2D eigenvalue weighted by molar-refractivity contribution is 9.11. The molecule has 0 aliphatic heterocycles. The third-order valence-corrected chi connectivity index (χ3v) is 9.83. The van der Waals surface area contributed by atoms with Crippen LogP contribution in [-0.2, 0) is 14.9 Å². The molecule has 0 saturated carbocycles. The first-order valence-corrected chi connectivity index (χ1v) is 18.4. The van der Waals surface area contributed by atoms with Crippen molar-refractivity contribution in [1.82, 2.24) is 0 Å². The molecule has 2 atom stereocenters. The van der Waals surface area contributed by atoms with Crippen LogP contribution in [0.15, 0.2) is 42.2 Å². The Morgan fingerprint density at radius 3 is 1.64 bits per heavy atom. The molecule has 2 unspecified atom stereocenters. The van der Waals surface area contributed by atoms with Gasteiger partial charge in [0.25, 0.3) is 0 Å². The van der Waals surface area contributed by atoms with Crippen molar-refractivity contribution >= 4 is 95.6 Å². The van der Waals surface area contributed by atoms with Crippen molar-refractivity contribution in [3.05, 3.63) is 53.3 Å². The molecule has 0 amide bonds. The zero-order chi connectivity index (χ0) is 29.0. The molecule has 0 fully saturated rings. The first kappa shape index (κ1) is 36.0. The van der Waals surface area contributed by atoms with E-state index >= 15 is 0 Å². The molecule has 0 N–H and O–H groups in total. The minimum Gasteiger partial charge on any atom is -0.490 e. The van der Waals surface area contributed by atoms with Crippen molar-refractivity contribution in [2.75, 3.05) is 38.4 Å². The van der Waals surface area contributed by atoms with Crippen LogP contribution in [0.25, 0.3) is 0 Å². The van der Waals surface area contributed by atoms with E-state index in [4.69, 9.17) is 18.9 Å². The van der Waals surface area contributed by atoms with E-state index in [1.807, 2.05) is 0 Å². The quantitative estimate of drug-likeness (QED) is 0.110. The maximum absolute atomic E-state index is 6.17. The number of hydrogen-bond donors (Lipinski definition) is 0. The maximum Gasteiger partial charge on any atom is 0.147 e. The van der Waals surface area contributed by atoms with E-state index in [0.717, 1.165) is 84.7 Å². The molecule has 0 radical (unpaired) electrons. The summed E-state index contributed by atoms with van der Waals surface area (Å²) in [5.41, 5.74) is 1.99. The van der Waals surface area contributed by atoms with Gasteiger partial charge in [-0.25, -0.2) is 0 Å². The third-order valence-electron chi connectivity index (χ3n) is 6.23. The van der Waals surface area contributed by atoms with Gasteiger partial charge >= 0.3 is 0 Å². The van der Waals surface area contributed by atoms with Crippen molar-refractivity contribution < 1.29 is 18.9 Å². The molecule has 2 aromatic rings. The summed E-state index contributed by atoms with van der Waals surface area (Å²) in [6.07, 6.45) is 4.35. The Morgan fingerprint density at radius 1 is 0.718 bits per heavy atom. The second-order valence-corrected chi connectivity index (χ2v) is 15.2. The summed E-state index contributed by atoms with van der Waals surface area (Å²) in [6, 6.07) is 8.51. The average Bonchev–Trinajstić information content (AvgIpc) is 2.88. The topological polar surface area (TPSA) is 36.9 Å². The Labute approximate surface area is 284 Å². The monoisotopic (exact) mass is 924 g/mol. The Morgan fingerprint density at radius 2 is 1.18 bits per heavy atom. The molecule has 39 heavy (non-hydrogen) atoms. The first-order chi connectivity index (χ1) is 18.5. The summed E-state index contributed by atoms with van der Waals surface area (Å²) in [4.78, 5) is 0.118. The Hall–Kier alpha value is 0.840. The van der Waals surface area contributed by atoms with Crippen LogP contribution < -0.4 is 9.47 Å². The van der Waals surface area contributed by atoms with Crippen molar-refractivity contribution in [3.63, 3.8) is 0 Å². The summed E-state index contributed by atoms with van der Waals surface area (Å²) in [6.45, 7) is 11.8. The molecule has 220 valence electrons. The van der Waals surface area contributed by atoms with Gasteiger partial charge in [0.1, 0.15) is 30.8 Å². The standard InChI is InChI=1S/C29H38Br6O4/c1-5-7-9-36-16-21(31)17-38-27-23(32)11-19(12-24(27)33)29(3,4)20-13-25(34)28(26(35)14-20)39-18-22(15-30)37-10-8-6-2/h11-14,21-22H,5-10,15-18H2,1-4H3. The van der Waals surface area contributed by atoms with Gasteiger partial charge in [-0.05, 0) is 112 Å². The van der Waals surface area contributed by atoms with Gasteiger partial charge in [-0.3, -0.25) is 0 Å². The molecule has 0 saturated heterocycles. The molecular formula is C29H38Br6O4. The number of halogens is 6. The molecule has 0 aromatic heterocycles. The second kappa shape index (κ2) is 18.5. The highest BCUT2D eigenvalue weighted by Crippen LogP contribution is 2.44. The molecule has 2 rings (SSSR count). The summed E-state index contributed by atoms with van der Waals surface area (Å²) in [7, 11) is 0. The van der Waals surface area contributed by atoms with Gasteiger partial charge in [-0.15, -0.1) is 0 Å². The fraction of sp³-hybridized carbons (Fsp3) is 0.586. The van der Waals surface area contributed by atoms with Crippen LogP contribution in [0.2, 0.25) is 0 Å². The molecule has 0 heterocycles. The molecule has 4 nitrogen and oxygen atoms in total. The first-order valence-electron chi connectivity index (χ1n) is 13.2. The zero-order valence-electron chi connectivity index (χ0n) is 22.9. The minimum absolute atomic E-state index is 0.00434. The predicted molar refractivity (Wildman–Crippen MR) is 184 cm³/mol. The minimum atomic E-state index is -0.292. The van der Waals surface area contributed by atoms with E-state index in [1.165, 1.54) is 0 Å². The van der Waals surface area contributed by atoms with Gasteiger partial charge in [-0.1, -0.05) is 72.4 Å². The lowest BCUT2D eigenvalue weighted by Gasteiger charge is -2.28. The normalized spacial score (nSPS) is 13.4. The SMILES string of the molecule is CCCCOCC(Br)COc1c(Br)cc(C(C)(C)c2cc(Br)c(OCC(CBr)OCCCC)c(Br)c2)cc1Br. The van der Waals surface area contributed by atoms with Gasteiger partial charge in [-0.2, -0.15) is 0 Å². The van der Waals surface area contributed by atoms with Gasteiger partial charge in [0.05, 0.1) is 29.3 Å². The van der Waals surface area contributed by atoms with E-state index < -0.39 is 0 Å². The van der Waals surface area contributed by atoms with Crippen molar-refractivity contribution in [2.24, 2.45) is 0 Å². The number of rotatable bonds is 18. The number of unbranched alkanes of at least 4 members (excludes halogenated alkanes) is 2. The van der Waals surface area contributed by atoms with Crippen LogP contribution in [-0.4, -0.2) is 49.3 Å². The van der Waals surface area contributed by atoms with E-state index in [1.54, 1.807) is 0 Å². The highest BCUT2D eigenvalue weighted by Gasteiger charge is 2.28. The van der Waals surface area contributed by atoms with Crippen LogP contribution in [0.4, 0.5) is 0 Å². The van der Waals surface area contributed by atoms with Crippen LogP contribution >= 0.6 is 95.6 Å². The summed E-state index contributed by atoms with van der Waals surface area (Å²) in [5.74, 6) is 1.55. The van der Waals surface area contributed by atoms with Gasteiger partial charge in [0.2, 0.25) is 0 Å². The van der Waals surface area contributed by atoms with Crippen LogP contribution in [0, 0.1) is 0 Å². The fourth-order valence-electron chi connectivity index (χ4n) is 3.67. The van der Waals surface area contributed by atoms with Crippen LogP contribution in [0.1, 0.15) is 64.5 Å². The van der Waals surface area contributed by atoms with Crippen LogP contribution in [0.5, 0.6) is 11.5 Å². The lowest BCUT2D eigenvalue weighted by Crippen LogP contribution is -2.24. The number of ether oxygens (including phenoxy) is 4. The van der Waals surface area contributed by atoms with E-state index in [0.29, 0.717) is 19.8 Å².